The fourth-order valence-corrected chi connectivity index (χ4v) is 5.95. The molecule has 1 heterocycles. The summed E-state index contributed by atoms with van der Waals surface area (Å²) in [5.74, 6) is -0.740. The molecule has 0 radical (unpaired) electrons. The van der Waals surface area contributed by atoms with Gasteiger partial charge in [-0.1, -0.05) is 23.7 Å². The number of carbonyl (C=O) groups excluding carboxylic acids is 2. The second kappa shape index (κ2) is 10.3. The number of thioether (sulfide) groups is 2. The number of carbonyl (C=O) groups is 2. The Morgan fingerprint density at radius 1 is 1.26 bits per heavy atom. The Kier molecular flexibility index (Phi) is 7.92. The summed E-state index contributed by atoms with van der Waals surface area (Å²) in [5, 5.41) is 7.46. The molecule has 7 nitrogen and oxygen atoms in total. The van der Waals surface area contributed by atoms with Gasteiger partial charge in [-0.3, -0.25) is 14.9 Å². The largest absolute Gasteiger partial charge is 0.331 e. The molecule has 2 atom stereocenters. The number of nitrogens with one attached hydrogen (secondary N) is 3. The molecule has 0 spiro atoms. The first-order valence-electron chi connectivity index (χ1n) is 9.30. The lowest BCUT2D eigenvalue weighted by Crippen LogP contribution is -2.59. The molecule has 11 heteroatoms. The van der Waals surface area contributed by atoms with Crippen LogP contribution in [-0.2, 0) is 19.4 Å². The standard InChI is InChI=1S/C20H22ClN3O4S3/c1-12-6-7-15(9-16(12)21)31(27,28)17-10-22-20(24-19(17)26)30-11-18(25)23-13-4-3-5-14(8-13)29-2/h3-9,17,20,22H,10-11H2,1-2H3,(H,23,25)(H,24,26). The Balaban J connectivity index is 1.55. The molecule has 3 N–H and O–H groups in total. The third-order valence-electron chi connectivity index (χ3n) is 4.64. The van der Waals surface area contributed by atoms with Crippen LogP contribution in [0.25, 0.3) is 0 Å². The van der Waals surface area contributed by atoms with Gasteiger partial charge in [-0.05, 0) is 49.1 Å². The quantitative estimate of drug-likeness (QED) is 0.503. The molecule has 1 aliphatic rings. The highest BCUT2D eigenvalue weighted by Crippen LogP contribution is 2.25. The van der Waals surface area contributed by atoms with Crippen molar-refractivity contribution in [2.45, 2.75) is 27.5 Å². The average Bonchev–Trinajstić information content (AvgIpc) is 2.74. The zero-order valence-electron chi connectivity index (χ0n) is 16.8. The van der Waals surface area contributed by atoms with Crippen LogP contribution in [0.1, 0.15) is 5.56 Å². The van der Waals surface area contributed by atoms with Gasteiger partial charge in [0.15, 0.2) is 15.1 Å². The molecule has 3 rings (SSSR count). The lowest BCUT2D eigenvalue weighted by molar-refractivity contribution is -0.122. The summed E-state index contributed by atoms with van der Waals surface area (Å²) >= 11 is 8.79. The number of rotatable bonds is 7. The molecule has 0 saturated carbocycles. The van der Waals surface area contributed by atoms with Crippen molar-refractivity contribution in [3.05, 3.63) is 53.1 Å². The summed E-state index contributed by atoms with van der Waals surface area (Å²) in [6.45, 7) is 1.71. The van der Waals surface area contributed by atoms with Crippen LogP contribution in [0, 0.1) is 6.92 Å². The van der Waals surface area contributed by atoms with Crippen LogP contribution in [0.2, 0.25) is 5.02 Å². The summed E-state index contributed by atoms with van der Waals surface area (Å²) in [6, 6.07) is 11.9. The minimum Gasteiger partial charge on any atom is -0.331 e. The topological polar surface area (TPSA) is 104 Å². The van der Waals surface area contributed by atoms with Gasteiger partial charge in [0.2, 0.25) is 11.8 Å². The first-order chi connectivity index (χ1) is 14.7. The van der Waals surface area contributed by atoms with Crippen molar-refractivity contribution in [3.63, 3.8) is 0 Å². The van der Waals surface area contributed by atoms with Crippen molar-refractivity contribution in [1.29, 1.82) is 0 Å². The predicted octanol–water partition coefficient (Wildman–Crippen LogP) is 2.89. The second-order valence-corrected chi connectivity index (χ2v) is 11.3. The molecular weight excluding hydrogens is 478 g/mol. The van der Waals surface area contributed by atoms with Crippen LogP contribution in [-0.4, -0.2) is 49.5 Å². The SMILES string of the molecule is CSc1cccc(NC(=O)CSC2NCC(S(=O)(=O)c3ccc(C)c(Cl)c3)C(=O)N2)c1. The molecule has 2 unspecified atom stereocenters. The van der Waals surface area contributed by atoms with E-state index in [-0.39, 0.29) is 23.1 Å². The zero-order valence-corrected chi connectivity index (χ0v) is 20.1. The highest BCUT2D eigenvalue weighted by Gasteiger charge is 2.38. The Hall–Kier alpha value is -1.72. The lowest BCUT2D eigenvalue weighted by Gasteiger charge is -2.29. The van der Waals surface area contributed by atoms with Crippen molar-refractivity contribution < 1.29 is 18.0 Å². The molecular formula is C20H22ClN3O4S3. The number of aryl methyl sites for hydroxylation is 1. The van der Waals surface area contributed by atoms with E-state index in [4.69, 9.17) is 11.6 Å². The number of anilines is 1. The first kappa shape index (κ1) is 23.9. The van der Waals surface area contributed by atoms with Crippen LogP contribution in [0.4, 0.5) is 5.69 Å². The van der Waals surface area contributed by atoms with Crippen LogP contribution in [0.5, 0.6) is 0 Å². The number of halogens is 1. The van der Waals surface area contributed by atoms with E-state index in [2.05, 4.69) is 16.0 Å². The van der Waals surface area contributed by atoms with Crippen molar-refractivity contribution in [3.8, 4) is 0 Å². The van der Waals surface area contributed by atoms with Crippen molar-refractivity contribution in [1.82, 2.24) is 10.6 Å². The summed E-state index contributed by atoms with van der Waals surface area (Å²) in [4.78, 5) is 25.8. The normalized spacial score (nSPS) is 19.0. The fraction of sp³-hybridized carbons (Fsp3) is 0.300. The molecule has 166 valence electrons. The van der Waals surface area contributed by atoms with E-state index in [1.54, 1.807) is 30.8 Å². The number of amides is 2. The lowest BCUT2D eigenvalue weighted by atomic mass is 10.2. The highest BCUT2D eigenvalue weighted by molar-refractivity contribution is 8.00. The highest BCUT2D eigenvalue weighted by atomic mass is 35.5. The molecule has 0 bridgehead atoms. The molecule has 2 aromatic rings. The van der Waals surface area contributed by atoms with Crippen LogP contribution < -0.4 is 16.0 Å². The van der Waals surface area contributed by atoms with Crippen molar-refractivity contribution in [2.24, 2.45) is 0 Å². The van der Waals surface area contributed by atoms with E-state index in [0.717, 1.165) is 10.5 Å². The van der Waals surface area contributed by atoms with E-state index < -0.39 is 26.5 Å². The summed E-state index contributed by atoms with van der Waals surface area (Å²) in [6.07, 6.45) is 1.95. The van der Waals surface area contributed by atoms with Gasteiger partial charge in [0.1, 0.15) is 5.50 Å². The van der Waals surface area contributed by atoms with Crippen molar-refractivity contribution in [2.75, 3.05) is 23.9 Å². The Labute approximate surface area is 195 Å². The number of hydrogen-bond acceptors (Lipinski definition) is 7. The summed E-state index contributed by atoms with van der Waals surface area (Å²) in [5.41, 5.74) is 0.881. The Morgan fingerprint density at radius 3 is 2.71 bits per heavy atom. The van der Waals surface area contributed by atoms with Gasteiger partial charge < -0.3 is 10.6 Å². The van der Waals surface area contributed by atoms with Crippen LogP contribution in [0.3, 0.4) is 0 Å². The second-order valence-electron chi connectivity index (χ2n) is 6.83. The summed E-state index contributed by atoms with van der Waals surface area (Å²) in [7, 11) is -3.90. The van der Waals surface area contributed by atoms with Gasteiger partial charge in [-0.2, -0.15) is 0 Å². The van der Waals surface area contributed by atoms with Crippen LogP contribution in [0.15, 0.2) is 52.3 Å². The molecule has 0 aromatic heterocycles. The Bertz CT molecular complexity index is 1090. The van der Waals surface area contributed by atoms with Gasteiger partial charge in [0, 0.05) is 22.2 Å². The van der Waals surface area contributed by atoms with Crippen molar-refractivity contribution >= 4 is 62.5 Å². The first-order valence-corrected chi connectivity index (χ1v) is 13.5. The maximum absolute atomic E-state index is 12.9. The Morgan fingerprint density at radius 2 is 2.03 bits per heavy atom. The van der Waals surface area contributed by atoms with Gasteiger partial charge in [-0.15, -0.1) is 23.5 Å². The maximum atomic E-state index is 12.9. The van der Waals surface area contributed by atoms with Gasteiger partial charge in [0.05, 0.1) is 10.6 Å². The predicted molar refractivity (Wildman–Crippen MR) is 126 cm³/mol. The zero-order chi connectivity index (χ0) is 22.6. The molecule has 2 amide bonds. The number of sulfone groups is 1. The minimum atomic E-state index is -3.90. The van der Waals surface area contributed by atoms with Gasteiger partial charge >= 0.3 is 0 Å². The molecule has 1 fully saturated rings. The molecule has 31 heavy (non-hydrogen) atoms. The van der Waals surface area contributed by atoms with E-state index in [9.17, 15) is 18.0 Å². The monoisotopic (exact) mass is 499 g/mol. The van der Waals surface area contributed by atoms with E-state index in [1.807, 2.05) is 24.5 Å². The maximum Gasteiger partial charge on any atom is 0.241 e. The third kappa shape index (κ3) is 5.95. The molecule has 1 aliphatic heterocycles. The molecule has 2 aromatic carbocycles. The summed E-state index contributed by atoms with van der Waals surface area (Å²) < 4.78 is 25.7. The van der Waals surface area contributed by atoms with E-state index in [1.165, 1.54) is 23.9 Å². The number of hydrogen-bond donors (Lipinski definition) is 3. The average molecular weight is 500 g/mol. The van der Waals surface area contributed by atoms with Gasteiger partial charge in [0.25, 0.3) is 0 Å². The minimum absolute atomic E-state index is 0.00278. The molecule has 0 aliphatic carbocycles. The van der Waals surface area contributed by atoms with Gasteiger partial charge in [-0.25, -0.2) is 8.42 Å². The third-order valence-corrected chi connectivity index (χ3v) is 8.86. The fourth-order valence-electron chi connectivity index (χ4n) is 2.90. The number of benzene rings is 2. The van der Waals surface area contributed by atoms with E-state index >= 15 is 0 Å². The van der Waals surface area contributed by atoms with Crippen LogP contribution >= 0.6 is 35.1 Å². The smallest absolute Gasteiger partial charge is 0.241 e. The molecule has 1 saturated heterocycles. The van der Waals surface area contributed by atoms with E-state index in [0.29, 0.717) is 10.7 Å².